The van der Waals surface area contributed by atoms with E-state index in [1.165, 1.54) is 0 Å². The third-order valence-electron chi connectivity index (χ3n) is 4.89. The normalized spacial score (nSPS) is 20.4. The number of hydrogen-bond donors (Lipinski definition) is 0. The number of aryl methyl sites for hydroxylation is 1. The summed E-state index contributed by atoms with van der Waals surface area (Å²) in [6, 6.07) is -0.272. The van der Waals surface area contributed by atoms with Gasteiger partial charge in [-0.1, -0.05) is 6.92 Å². The van der Waals surface area contributed by atoms with Crippen molar-refractivity contribution in [3.63, 3.8) is 0 Å². The molecule has 0 aromatic carbocycles. The van der Waals surface area contributed by atoms with Gasteiger partial charge < -0.3 is 4.90 Å². The van der Waals surface area contributed by atoms with Crippen LogP contribution in [-0.2, 0) is 4.79 Å². The first kappa shape index (κ1) is 19.0. The van der Waals surface area contributed by atoms with Gasteiger partial charge in [0.1, 0.15) is 5.41 Å². The average molecular weight is 360 g/mol. The maximum Gasteiger partial charge on any atom is 0.252 e. The van der Waals surface area contributed by atoms with Gasteiger partial charge in [-0.05, 0) is 39.0 Å². The fourth-order valence-corrected chi connectivity index (χ4v) is 3.49. The van der Waals surface area contributed by atoms with Crippen molar-refractivity contribution in [3.8, 4) is 0 Å². The van der Waals surface area contributed by atoms with Gasteiger partial charge in [0.2, 0.25) is 5.91 Å². The van der Waals surface area contributed by atoms with E-state index in [9.17, 15) is 13.6 Å². The molecule has 4 nitrogen and oxygen atoms in total. The molecule has 1 aliphatic heterocycles. The second-order valence-electron chi connectivity index (χ2n) is 6.34. The minimum atomic E-state index is -2.71. The molecule has 1 fully saturated rings. The van der Waals surface area contributed by atoms with Gasteiger partial charge in [-0.2, -0.15) is 0 Å². The molecular weight excluding hydrogens is 336 g/mol. The first-order valence-electron chi connectivity index (χ1n) is 8.40. The fourth-order valence-electron chi connectivity index (χ4n) is 3.35. The first-order valence-corrected chi connectivity index (χ1v) is 8.93. The van der Waals surface area contributed by atoms with E-state index in [1.807, 2.05) is 6.92 Å². The van der Waals surface area contributed by atoms with Crippen LogP contribution in [0.15, 0.2) is 12.4 Å². The minimum Gasteiger partial charge on any atom is -0.333 e. The Hall–Kier alpha value is -1.30. The van der Waals surface area contributed by atoms with Crippen LogP contribution in [0.2, 0.25) is 0 Å². The highest BCUT2D eigenvalue weighted by atomic mass is 35.5. The molecule has 1 amide bonds. The number of nitrogens with zero attached hydrogens (tertiary/aromatic N) is 3. The van der Waals surface area contributed by atoms with Crippen molar-refractivity contribution in [1.82, 2.24) is 14.9 Å². The molecule has 0 bridgehead atoms. The first-order chi connectivity index (χ1) is 11.5. The van der Waals surface area contributed by atoms with Crippen LogP contribution in [0.3, 0.4) is 0 Å². The maximum atomic E-state index is 13.8. The predicted molar refractivity (Wildman–Crippen MR) is 89.1 cm³/mol. The zero-order chi connectivity index (χ0) is 17.7. The van der Waals surface area contributed by atoms with Crippen LogP contribution in [0, 0.1) is 12.3 Å². The summed E-state index contributed by atoms with van der Waals surface area (Å²) in [7, 11) is 0. The number of amides is 1. The van der Waals surface area contributed by atoms with Crippen molar-refractivity contribution >= 4 is 17.5 Å². The molecule has 0 radical (unpaired) electrons. The lowest BCUT2D eigenvalue weighted by atomic mass is 9.79. The summed E-state index contributed by atoms with van der Waals surface area (Å²) >= 11 is 5.68. The van der Waals surface area contributed by atoms with Crippen molar-refractivity contribution in [3.05, 3.63) is 23.8 Å². The monoisotopic (exact) mass is 359 g/mol. The molecule has 1 saturated heterocycles. The van der Waals surface area contributed by atoms with E-state index in [4.69, 9.17) is 11.6 Å². The Morgan fingerprint density at radius 1 is 1.46 bits per heavy atom. The molecule has 7 heteroatoms. The van der Waals surface area contributed by atoms with Gasteiger partial charge in [-0.3, -0.25) is 14.8 Å². The largest absolute Gasteiger partial charge is 0.333 e. The van der Waals surface area contributed by atoms with Crippen LogP contribution in [0.25, 0.3) is 0 Å². The Labute approximate surface area is 146 Å². The van der Waals surface area contributed by atoms with E-state index >= 15 is 0 Å². The van der Waals surface area contributed by atoms with Gasteiger partial charge in [0.25, 0.3) is 6.43 Å². The lowest BCUT2D eigenvalue weighted by Gasteiger charge is -2.36. The van der Waals surface area contributed by atoms with Gasteiger partial charge >= 0.3 is 0 Å². The molecule has 0 saturated carbocycles. The smallest absolute Gasteiger partial charge is 0.252 e. The zero-order valence-electron chi connectivity index (χ0n) is 14.1. The predicted octanol–water partition coefficient (Wildman–Crippen LogP) is 4.13. The molecule has 1 aromatic rings. The standard InChI is InChI=1S/C17H24ClF2N3O/c1-3-17(15(19)20,7-5-8-18)16(24)23-9-4-6-14(23)13-11-21-12(2)10-22-13/h10-11,14-15H,3-9H2,1-2H3. The summed E-state index contributed by atoms with van der Waals surface area (Å²) in [5, 5.41) is 0. The molecule has 2 unspecified atom stereocenters. The van der Waals surface area contributed by atoms with Crippen LogP contribution >= 0.6 is 11.6 Å². The van der Waals surface area contributed by atoms with E-state index in [0.717, 1.165) is 18.5 Å². The molecule has 2 rings (SSSR count). The summed E-state index contributed by atoms with van der Waals surface area (Å²) in [6.07, 6.45) is 2.68. The molecule has 1 aromatic heterocycles. The van der Waals surface area contributed by atoms with Crippen molar-refractivity contribution in [2.24, 2.45) is 5.41 Å². The molecule has 1 aliphatic rings. The molecule has 0 N–H and O–H groups in total. The third-order valence-corrected chi connectivity index (χ3v) is 5.15. The summed E-state index contributed by atoms with van der Waals surface area (Å²) in [4.78, 5) is 23.2. The van der Waals surface area contributed by atoms with Crippen molar-refractivity contribution in [1.29, 1.82) is 0 Å². The lowest BCUT2D eigenvalue weighted by molar-refractivity contribution is -0.155. The Morgan fingerprint density at radius 3 is 2.75 bits per heavy atom. The van der Waals surface area contributed by atoms with Crippen molar-refractivity contribution in [2.45, 2.75) is 58.4 Å². The van der Waals surface area contributed by atoms with Crippen LogP contribution in [0.5, 0.6) is 0 Å². The number of carbonyl (C=O) groups is 1. The zero-order valence-corrected chi connectivity index (χ0v) is 14.9. The van der Waals surface area contributed by atoms with Crippen LogP contribution in [0.1, 0.15) is 56.5 Å². The van der Waals surface area contributed by atoms with Gasteiger partial charge in [-0.15, -0.1) is 11.6 Å². The molecule has 134 valence electrons. The van der Waals surface area contributed by atoms with Gasteiger partial charge in [0.05, 0.1) is 23.6 Å². The number of likely N-dealkylation sites (tertiary alicyclic amines) is 1. The highest BCUT2D eigenvalue weighted by molar-refractivity contribution is 6.17. The Balaban J connectivity index is 2.28. The molecule has 0 aliphatic carbocycles. The van der Waals surface area contributed by atoms with Gasteiger partial charge in [0.15, 0.2) is 0 Å². The number of aromatic nitrogens is 2. The number of rotatable bonds is 7. The summed E-state index contributed by atoms with van der Waals surface area (Å²) in [5.41, 5.74) is -0.203. The lowest BCUT2D eigenvalue weighted by Crippen LogP contribution is -2.47. The second-order valence-corrected chi connectivity index (χ2v) is 6.72. The summed E-state index contributed by atoms with van der Waals surface area (Å²) in [6.45, 7) is 3.96. The van der Waals surface area contributed by atoms with E-state index < -0.39 is 17.7 Å². The number of halogens is 3. The second kappa shape index (κ2) is 8.19. The summed E-state index contributed by atoms with van der Waals surface area (Å²) in [5.74, 6) is -0.204. The molecule has 24 heavy (non-hydrogen) atoms. The molecular formula is C17H24ClF2N3O. The summed E-state index contributed by atoms with van der Waals surface area (Å²) < 4.78 is 27.7. The SMILES string of the molecule is CCC(CCCCl)(C(=O)N1CCCC1c1cnc(C)cn1)C(F)F. The van der Waals surface area contributed by atoms with E-state index in [1.54, 1.807) is 24.2 Å². The van der Waals surface area contributed by atoms with E-state index in [-0.39, 0.29) is 24.8 Å². The fraction of sp³-hybridized carbons (Fsp3) is 0.706. The molecule has 2 heterocycles. The van der Waals surface area contributed by atoms with Crippen LogP contribution < -0.4 is 0 Å². The average Bonchev–Trinajstić information content (AvgIpc) is 3.05. The van der Waals surface area contributed by atoms with Crippen LogP contribution in [-0.4, -0.2) is 39.6 Å². The Morgan fingerprint density at radius 2 is 2.21 bits per heavy atom. The topological polar surface area (TPSA) is 46.1 Å². The Bertz CT molecular complexity index is 555. The third kappa shape index (κ3) is 3.68. The molecule has 0 spiro atoms. The van der Waals surface area contributed by atoms with Gasteiger partial charge in [0, 0.05) is 18.6 Å². The number of alkyl halides is 3. The highest BCUT2D eigenvalue weighted by Crippen LogP contribution is 2.42. The Kier molecular flexibility index (Phi) is 6.49. The van der Waals surface area contributed by atoms with Crippen molar-refractivity contribution in [2.75, 3.05) is 12.4 Å². The van der Waals surface area contributed by atoms with Crippen molar-refractivity contribution < 1.29 is 13.6 Å². The van der Waals surface area contributed by atoms with Gasteiger partial charge in [-0.25, -0.2) is 8.78 Å². The number of hydrogen-bond acceptors (Lipinski definition) is 3. The highest BCUT2D eigenvalue weighted by Gasteiger charge is 2.49. The van der Waals surface area contributed by atoms with Crippen LogP contribution in [0.4, 0.5) is 8.78 Å². The minimum absolute atomic E-state index is 0.100. The van der Waals surface area contributed by atoms with E-state index in [0.29, 0.717) is 18.7 Å². The quantitative estimate of drug-likeness (QED) is 0.688. The van der Waals surface area contributed by atoms with E-state index in [2.05, 4.69) is 9.97 Å². The maximum absolute atomic E-state index is 13.8. The number of carbonyl (C=O) groups excluding carboxylic acids is 1. The molecule has 2 atom stereocenters.